The summed E-state index contributed by atoms with van der Waals surface area (Å²) >= 11 is 1.77. The second kappa shape index (κ2) is 4.31. The maximum Gasteiger partial charge on any atom is 0.150 e. The molecule has 2 heteroatoms. The molecule has 1 aromatic carbocycles. The molecule has 0 bridgehead atoms. The summed E-state index contributed by atoms with van der Waals surface area (Å²) in [4.78, 5) is 11.6. The third-order valence-corrected chi connectivity index (χ3v) is 2.36. The van der Waals surface area contributed by atoms with Gasteiger partial charge in [0.25, 0.3) is 0 Å². The van der Waals surface area contributed by atoms with E-state index in [1.165, 1.54) is 0 Å². The SMILES string of the molecule is CC(C)Sc1cccc(C=O)c1. The van der Waals surface area contributed by atoms with Gasteiger partial charge in [-0.2, -0.15) is 0 Å². The molecule has 0 aromatic heterocycles. The lowest BCUT2D eigenvalue weighted by molar-refractivity contribution is 0.112. The van der Waals surface area contributed by atoms with Crippen LogP contribution >= 0.6 is 11.8 Å². The topological polar surface area (TPSA) is 17.1 Å². The van der Waals surface area contributed by atoms with E-state index in [2.05, 4.69) is 13.8 Å². The van der Waals surface area contributed by atoms with Crippen molar-refractivity contribution in [1.29, 1.82) is 0 Å². The van der Waals surface area contributed by atoms with E-state index < -0.39 is 0 Å². The van der Waals surface area contributed by atoms with E-state index in [9.17, 15) is 4.79 Å². The van der Waals surface area contributed by atoms with Gasteiger partial charge in [0.2, 0.25) is 0 Å². The molecule has 0 saturated carbocycles. The Balaban J connectivity index is 2.79. The lowest BCUT2D eigenvalue weighted by atomic mass is 10.2. The molecule has 0 aliphatic rings. The second-order valence-corrected chi connectivity index (χ2v) is 4.51. The van der Waals surface area contributed by atoms with Crippen LogP contribution in [0.15, 0.2) is 29.2 Å². The van der Waals surface area contributed by atoms with Crippen LogP contribution in [0.25, 0.3) is 0 Å². The molecule has 0 unspecified atom stereocenters. The van der Waals surface area contributed by atoms with Crippen molar-refractivity contribution in [2.75, 3.05) is 0 Å². The molecule has 0 radical (unpaired) electrons. The first-order valence-corrected chi connectivity index (χ1v) is 4.82. The fourth-order valence-electron chi connectivity index (χ4n) is 0.933. The molecule has 1 rings (SSSR count). The maximum atomic E-state index is 10.4. The number of rotatable bonds is 3. The average Bonchev–Trinajstić information content (AvgIpc) is 2.03. The predicted molar refractivity (Wildman–Crippen MR) is 52.8 cm³/mol. The number of benzene rings is 1. The highest BCUT2D eigenvalue weighted by molar-refractivity contribution is 7.99. The molecule has 1 nitrogen and oxygen atoms in total. The number of aldehydes is 1. The molecule has 0 N–H and O–H groups in total. The van der Waals surface area contributed by atoms with Gasteiger partial charge in [-0.15, -0.1) is 11.8 Å². The van der Waals surface area contributed by atoms with Crippen LogP contribution in [-0.4, -0.2) is 11.5 Å². The highest BCUT2D eigenvalue weighted by Gasteiger charge is 1.98. The van der Waals surface area contributed by atoms with Crippen molar-refractivity contribution in [1.82, 2.24) is 0 Å². The van der Waals surface area contributed by atoms with Crippen LogP contribution in [0.1, 0.15) is 24.2 Å². The minimum Gasteiger partial charge on any atom is -0.298 e. The summed E-state index contributed by atoms with van der Waals surface area (Å²) in [6, 6.07) is 7.67. The van der Waals surface area contributed by atoms with Gasteiger partial charge < -0.3 is 0 Å². The molecule has 0 saturated heterocycles. The lowest BCUT2D eigenvalue weighted by Crippen LogP contribution is -1.86. The van der Waals surface area contributed by atoms with Gasteiger partial charge in [0.15, 0.2) is 0 Å². The van der Waals surface area contributed by atoms with E-state index in [0.29, 0.717) is 5.25 Å². The van der Waals surface area contributed by atoms with E-state index in [1.54, 1.807) is 11.8 Å². The van der Waals surface area contributed by atoms with E-state index in [4.69, 9.17) is 0 Å². The molecular weight excluding hydrogens is 168 g/mol. The Hall–Kier alpha value is -0.760. The van der Waals surface area contributed by atoms with Crippen LogP contribution in [0.5, 0.6) is 0 Å². The van der Waals surface area contributed by atoms with Crippen molar-refractivity contribution >= 4 is 18.0 Å². The Bertz CT molecular complexity index is 268. The Kier molecular flexibility index (Phi) is 3.35. The van der Waals surface area contributed by atoms with Crippen LogP contribution in [0.4, 0.5) is 0 Å². The van der Waals surface area contributed by atoms with E-state index in [1.807, 2.05) is 24.3 Å². The first kappa shape index (κ1) is 9.33. The molecule has 0 aliphatic carbocycles. The lowest BCUT2D eigenvalue weighted by Gasteiger charge is -2.03. The summed E-state index contributed by atoms with van der Waals surface area (Å²) in [7, 11) is 0. The third kappa shape index (κ3) is 2.70. The number of hydrogen-bond donors (Lipinski definition) is 0. The Labute approximate surface area is 77.2 Å². The van der Waals surface area contributed by atoms with Crippen molar-refractivity contribution in [3.8, 4) is 0 Å². The number of thioether (sulfide) groups is 1. The molecule has 1 aromatic rings. The molecule has 64 valence electrons. The zero-order valence-electron chi connectivity index (χ0n) is 7.28. The first-order valence-electron chi connectivity index (χ1n) is 3.94. The number of hydrogen-bond acceptors (Lipinski definition) is 2. The van der Waals surface area contributed by atoms with Crippen LogP contribution in [-0.2, 0) is 0 Å². The number of carbonyl (C=O) groups excluding carboxylic acids is 1. The second-order valence-electron chi connectivity index (χ2n) is 2.86. The van der Waals surface area contributed by atoms with Crippen LogP contribution in [0.2, 0.25) is 0 Å². The van der Waals surface area contributed by atoms with E-state index >= 15 is 0 Å². The smallest absolute Gasteiger partial charge is 0.150 e. The van der Waals surface area contributed by atoms with Crippen LogP contribution < -0.4 is 0 Å². The van der Waals surface area contributed by atoms with Gasteiger partial charge in [0.05, 0.1) is 0 Å². The van der Waals surface area contributed by atoms with Gasteiger partial charge in [0.1, 0.15) is 6.29 Å². The molecular formula is C10H12OS. The molecule has 0 amide bonds. The highest BCUT2D eigenvalue weighted by atomic mass is 32.2. The largest absolute Gasteiger partial charge is 0.298 e. The molecule has 0 aliphatic heterocycles. The van der Waals surface area contributed by atoms with Crippen molar-refractivity contribution in [2.24, 2.45) is 0 Å². The average molecular weight is 180 g/mol. The summed E-state index contributed by atoms with van der Waals surface area (Å²) in [5.74, 6) is 0. The van der Waals surface area contributed by atoms with Gasteiger partial charge >= 0.3 is 0 Å². The summed E-state index contributed by atoms with van der Waals surface area (Å²) in [6.07, 6.45) is 0.879. The van der Waals surface area contributed by atoms with Crippen LogP contribution in [0.3, 0.4) is 0 Å². The zero-order chi connectivity index (χ0) is 8.97. The summed E-state index contributed by atoms with van der Waals surface area (Å²) in [5.41, 5.74) is 0.751. The van der Waals surface area contributed by atoms with Gasteiger partial charge in [-0.1, -0.05) is 26.0 Å². The minimum atomic E-state index is 0.562. The van der Waals surface area contributed by atoms with Gasteiger partial charge in [-0.25, -0.2) is 0 Å². The summed E-state index contributed by atoms with van der Waals surface area (Å²) < 4.78 is 0. The van der Waals surface area contributed by atoms with Crippen molar-refractivity contribution in [3.05, 3.63) is 29.8 Å². The number of carbonyl (C=O) groups is 1. The van der Waals surface area contributed by atoms with E-state index in [-0.39, 0.29) is 0 Å². The minimum absolute atomic E-state index is 0.562. The highest BCUT2D eigenvalue weighted by Crippen LogP contribution is 2.22. The summed E-state index contributed by atoms with van der Waals surface area (Å²) in [5, 5.41) is 0.562. The zero-order valence-corrected chi connectivity index (χ0v) is 8.10. The maximum absolute atomic E-state index is 10.4. The van der Waals surface area contributed by atoms with Crippen molar-refractivity contribution in [2.45, 2.75) is 24.0 Å². The van der Waals surface area contributed by atoms with Crippen molar-refractivity contribution in [3.63, 3.8) is 0 Å². The van der Waals surface area contributed by atoms with Gasteiger partial charge in [-0.3, -0.25) is 4.79 Å². The summed E-state index contributed by atoms with van der Waals surface area (Å²) in [6.45, 7) is 4.27. The molecule has 0 spiro atoms. The predicted octanol–water partition coefficient (Wildman–Crippen LogP) is 3.00. The Morgan fingerprint density at radius 2 is 2.17 bits per heavy atom. The van der Waals surface area contributed by atoms with Crippen molar-refractivity contribution < 1.29 is 4.79 Å². The normalized spacial score (nSPS) is 10.2. The first-order chi connectivity index (χ1) is 5.72. The standard InChI is InChI=1S/C10H12OS/c1-8(2)12-10-5-3-4-9(6-10)7-11/h3-8H,1-2H3. The third-order valence-electron chi connectivity index (χ3n) is 1.37. The van der Waals surface area contributed by atoms with E-state index in [0.717, 1.165) is 16.7 Å². The van der Waals surface area contributed by atoms with Gasteiger partial charge in [0, 0.05) is 15.7 Å². The Morgan fingerprint density at radius 1 is 1.42 bits per heavy atom. The monoisotopic (exact) mass is 180 g/mol. The molecule has 0 atom stereocenters. The van der Waals surface area contributed by atoms with Gasteiger partial charge in [-0.05, 0) is 12.1 Å². The quantitative estimate of drug-likeness (QED) is 0.525. The fourth-order valence-corrected chi connectivity index (χ4v) is 1.84. The Morgan fingerprint density at radius 3 is 2.75 bits per heavy atom. The molecule has 12 heavy (non-hydrogen) atoms. The molecule has 0 fully saturated rings. The van der Waals surface area contributed by atoms with Crippen LogP contribution in [0, 0.1) is 0 Å². The molecule has 0 heterocycles. The fraction of sp³-hybridized carbons (Fsp3) is 0.300.